The van der Waals surface area contributed by atoms with Gasteiger partial charge >= 0.3 is 6.18 Å². The third kappa shape index (κ3) is 3.73. The van der Waals surface area contributed by atoms with Crippen molar-refractivity contribution in [1.82, 2.24) is 5.32 Å². The maximum Gasteiger partial charge on any atom is 0.417 e. The first-order valence-corrected chi connectivity index (χ1v) is 9.97. The Morgan fingerprint density at radius 3 is 2.18 bits per heavy atom. The average Bonchev–Trinajstić information content (AvgIpc) is 2.59. The van der Waals surface area contributed by atoms with Crippen LogP contribution in [0, 0.1) is 23.2 Å². The molecule has 0 radical (unpaired) electrons. The number of anilines is 1. The van der Waals surface area contributed by atoms with E-state index in [1.807, 2.05) is 0 Å². The summed E-state index contributed by atoms with van der Waals surface area (Å²) in [5.74, 6) is 1.18. The molecule has 0 aromatic heterocycles. The summed E-state index contributed by atoms with van der Waals surface area (Å²) in [4.78, 5) is 25.0. The summed E-state index contributed by atoms with van der Waals surface area (Å²) in [5, 5.41) is 4.69. The highest BCUT2D eigenvalue weighted by Gasteiger charge is 2.54. The third-order valence-corrected chi connectivity index (χ3v) is 6.81. The fourth-order valence-corrected chi connectivity index (χ4v) is 5.99. The Kier molecular flexibility index (Phi) is 4.84. The Labute approximate surface area is 166 Å². The molecule has 4 bridgehead atoms. The SMILES string of the molecule is O=C(CNC(=O)C12CC3CC(CC(C3)C1)C2)Nc1ccc(Cl)c(C(F)(F)F)c1. The van der Waals surface area contributed by atoms with E-state index in [-0.39, 0.29) is 23.6 Å². The Hall–Kier alpha value is -1.76. The maximum atomic E-state index is 12.9. The second-order valence-electron chi connectivity index (χ2n) is 8.62. The number of amides is 2. The number of carbonyl (C=O) groups excluding carboxylic acids is 2. The zero-order chi connectivity index (χ0) is 20.1. The summed E-state index contributed by atoms with van der Waals surface area (Å²) in [5.41, 5.74) is -1.38. The van der Waals surface area contributed by atoms with Gasteiger partial charge in [0.15, 0.2) is 0 Å². The molecule has 0 aliphatic heterocycles. The molecule has 5 rings (SSSR count). The smallest absolute Gasteiger partial charge is 0.347 e. The predicted octanol–water partition coefficient (Wildman–Crippen LogP) is 4.63. The van der Waals surface area contributed by atoms with Crippen LogP contribution in [0.25, 0.3) is 0 Å². The first-order chi connectivity index (χ1) is 13.1. The molecule has 4 saturated carbocycles. The minimum atomic E-state index is -4.61. The van der Waals surface area contributed by atoms with E-state index < -0.39 is 22.7 Å². The lowest BCUT2D eigenvalue weighted by molar-refractivity contribution is -0.146. The lowest BCUT2D eigenvalue weighted by Gasteiger charge is -2.55. The van der Waals surface area contributed by atoms with Gasteiger partial charge in [0.2, 0.25) is 11.8 Å². The number of alkyl halides is 3. The van der Waals surface area contributed by atoms with Crippen molar-refractivity contribution in [3.05, 3.63) is 28.8 Å². The van der Waals surface area contributed by atoms with Crippen LogP contribution >= 0.6 is 11.6 Å². The third-order valence-electron chi connectivity index (χ3n) is 6.48. The topological polar surface area (TPSA) is 58.2 Å². The van der Waals surface area contributed by atoms with Crippen molar-refractivity contribution in [3.63, 3.8) is 0 Å². The van der Waals surface area contributed by atoms with E-state index in [4.69, 9.17) is 11.6 Å². The first-order valence-electron chi connectivity index (χ1n) is 9.59. The van der Waals surface area contributed by atoms with E-state index in [0.717, 1.165) is 31.4 Å². The largest absolute Gasteiger partial charge is 0.417 e. The van der Waals surface area contributed by atoms with Crippen molar-refractivity contribution in [2.75, 3.05) is 11.9 Å². The molecule has 1 aromatic carbocycles. The van der Waals surface area contributed by atoms with Gasteiger partial charge in [-0.2, -0.15) is 13.2 Å². The normalized spacial score (nSPS) is 30.9. The molecule has 4 nitrogen and oxygen atoms in total. The van der Waals surface area contributed by atoms with E-state index in [1.54, 1.807) is 0 Å². The van der Waals surface area contributed by atoms with Crippen LogP contribution in [0.3, 0.4) is 0 Å². The van der Waals surface area contributed by atoms with Crippen LogP contribution in [0.2, 0.25) is 5.02 Å². The lowest BCUT2D eigenvalue weighted by Crippen LogP contribution is -2.54. The van der Waals surface area contributed by atoms with Crippen LogP contribution in [0.1, 0.15) is 44.1 Å². The number of halogens is 4. The van der Waals surface area contributed by atoms with Gasteiger partial charge in [-0.3, -0.25) is 9.59 Å². The summed E-state index contributed by atoms with van der Waals surface area (Å²) in [6.07, 6.45) is 1.70. The number of hydrogen-bond donors (Lipinski definition) is 2. The van der Waals surface area contributed by atoms with Crippen molar-refractivity contribution in [3.8, 4) is 0 Å². The standard InChI is InChI=1S/C20H22ClF3N2O2/c21-16-2-1-14(6-15(16)20(22,23)24)26-17(27)10-25-18(28)19-7-11-3-12(8-19)5-13(4-11)9-19/h1-2,6,11-13H,3-5,7-10H2,(H,25,28)(H,26,27). The van der Waals surface area contributed by atoms with Crippen LogP contribution in [-0.2, 0) is 15.8 Å². The second-order valence-corrected chi connectivity index (χ2v) is 9.03. The zero-order valence-corrected chi connectivity index (χ0v) is 16.0. The first kappa shape index (κ1) is 19.6. The maximum absolute atomic E-state index is 12.9. The molecular weight excluding hydrogens is 393 g/mol. The highest BCUT2D eigenvalue weighted by atomic mass is 35.5. The van der Waals surface area contributed by atoms with E-state index in [0.29, 0.717) is 17.8 Å². The van der Waals surface area contributed by atoms with Gasteiger partial charge in [0.05, 0.1) is 17.1 Å². The fourth-order valence-electron chi connectivity index (χ4n) is 5.76. The molecule has 2 N–H and O–H groups in total. The fraction of sp³-hybridized carbons (Fsp3) is 0.600. The van der Waals surface area contributed by atoms with Gasteiger partial charge in [-0.15, -0.1) is 0 Å². The van der Waals surface area contributed by atoms with Gasteiger partial charge in [0, 0.05) is 11.1 Å². The average molecular weight is 415 g/mol. The minimum Gasteiger partial charge on any atom is -0.347 e. The van der Waals surface area contributed by atoms with Gasteiger partial charge in [-0.05, 0) is 74.5 Å². The summed E-state index contributed by atoms with van der Waals surface area (Å²) in [7, 11) is 0. The van der Waals surface area contributed by atoms with Crippen molar-refractivity contribution in [2.45, 2.75) is 44.7 Å². The van der Waals surface area contributed by atoms with E-state index in [2.05, 4.69) is 10.6 Å². The molecule has 152 valence electrons. The van der Waals surface area contributed by atoms with Gasteiger partial charge in [-0.25, -0.2) is 0 Å². The molecule has 8 heteroatoms. The Morgan fingerprint density at radius 1 is 1.07 bits per heavy atom. The molecule has 0 spiro atoms. The molecule has 0 atom stereocenters. The monoisotopic (exact) mass is 414 g/mol. The summed E-state index contributed by atoms with van der Waals surface area (Å²) in [6.45, 7) is -0.259. The van der Waals surface area contributed by atoms with Crippen LogP contribution in [-0.4, -0.2) is 18.4 Å². The second kappa shape index (κ2) is 6.94. The lowest BCUT2D eigenvalue weighted by atomic mass is 9.49. The molecule has 0 unspecified atom stereocenters. The molecule has 0 saturated heterocycles. The Morgan fingerprint density at radius 2 is 1.64 bits per heavy atom. The van der Waals surface area contributed by atoms with Crippen LogP contribution in [0.5, 0.6) is 0 Å². The summed E-state index contributed by atoms with van der Waals surface area (Å²) in [6, 6.07) is 3.19. The van der Waals surface area contributed by atoms with E-state index >= 15 is 0 Å². The highest BCUT2D eigenvalue weighted by Crippen LogP contribution is 2.60. The molecule has 2 amide bonds. The molecule has 0 heterocycles. The van der Waals surface area contributed by atoms with Crippen LogP contribution in [0.15, 0.2) is 18.2 Å². The molecular formula is C20H22ClF3N2O2. The Balaban J connectivity index is 1.36. The van der Waals surface area contributed by atoms with E-state index in [9.17, 15) is 22.8 Å². The quantitative estimate of drug-likeness (QED) is 0.754. The summed E-state index contributed by atoms with van der Waals surface area (Å²) >= 11 is 5.58. The van der Waals surface area contributed by atoms with Crippen molar-refractivity contribution < 1.29 is 22.8 Å². The number of carbonyl (C=O) groups is 2. The van der Waals surface area contributed by atoms with Crippen molar-refractivity contribution >= 4 is 29.1 Å². The van der Waals surface area contributed by atoms with Crippen molar-refractivity contribution in [1.29, 1.82) is 0 Å². The van der Waals surface area contributed by atoms with Gasteiger partial charge < -0.3 is 10.6 Å². The van der Waals surface area contributed by atoms with Gasteiger partial charge in [-0.1, -0.05) is 11.6 Å². The van der Waals surface area contributed by atoms with Crippen molar-refractivity contribution in [2.24, 2.45) is 23.2 Å². The Bertz CT molecular complexity index is 774. The molecule has 4 fully saturated rings. The summed E-state index contributed by atoms with van der Waals surface area (Å²) < 4.78 is 38.8. The molecule has 28 heavy (non-hydrogen) atoms. The van der Waals surface area contributed by atoms with Crippen LogP contribution in [0.4, 0.5) is 18.9 Å². The van der Waals surface area contributed by atoms with Gasteiger partial charge in [0.25, 0.3) is 0 Å². The highest BCUT2D eigenvalue weighted by molar-refractivity contribution is 6.31. The van der Waals surface area contributed by atoms with Gasteiger partial charge in [0.1, 0.15) is 0 Å². The molecule has 4 aliphatic carbocycles. The number of benzene rings is 1. The minimum absolute atomic E-state index is 0.00854. The van der Waals surface area contributed by atoms with E-state index in [1.165, 1.54) is 25.3 Å². The zero-order valence-electron chi connectivity index (χ0n) is 15.2. The predicted molar refractivity (Wildman–Crippen MR) is 98.7 cm³/mol. The molecule has 4 aliphatic rings. The molecule has 1 aromatic rings. The number of nitrogens with one attached hydrogen (secondary N) is 2. The number of rotatable bonds is 4. The number of hydrogen-bond acceptors (Lipinski definition) is 2. The van der Waals surface area contributed by atoms with Crippen LogP contribution < -0.4 is 10.6 Å².